The lowest BCUT2D eigenvalue weighted by Crippen LogP contribution is -2.38. The highest BCUT2D eigenvalue weighted by molar-refractivity contribution is 9.10. The summed E-state index contributed by atoms with van der Waals surface area (Å²) in [6.07, 6.45) is 1.15. The number of benzene rings is 1. The van der Waals surface area contributed by atoms with Crippen molar-refractivity contribution in [2.75, 3.05) is 40.3 Å². The molecule has 0 aromatic heterocycles. The van der Waals surface area contributed by atoms with Crippen molar-refractivity contribution in [3.63, 3.8) is 0 Å². The van der Waals surface area contributed by atoms with E-state index in [0.717, 1.165) is 30.5 Å². The summed E-state index contributed by atoms with van der Waals surface area (Å²) in [6, 6.07) is 8.78. The van der Waals surface area contributed by atoms with E-state index in [4.69, 9.17) is 5.73 Å². The molecular formula is C15H26BrN3. The van der Waals surface area contributed by atoms with Gasteiger partial charge in [0.1, 0.15) is 0 Å². The summed E-state index contributed by atoms with van der Waals surface area (Å²) in [5.74, 6) is 0. The fraction of sp³-hybridized carbons (Fsp3) is 0.600. The Hall–Kier alpha value is -0.420. The van der Waals surface area contributed by atoms with E-state index >= 15 is 0 Å². The molecule has 2 N–H and O–H groups in total. The van der Waals surface area contributed by atoms with E-state index in [0.29, 0.717) is 12.6 Å². The summed E-state index contributed by atoms with van der Waals surface area (Å²) in [6.45, 7) is 6.07. The minimum Gasteiger partial charge on any atom is -0.329 e. The Kier molecular flexibility index (Phi) is 7.61. The number of hydrogen-bond donors (Lipinski definition) is 1. The van der Waals surface area contributed by atoms with E-state index in [1.54, 1.807) is 0 Å². The van der Waals surface area contributed by atoms with Crippen molar-refractivity contribution in [2.45, 2.75) is 19.4 Å². The van der Waals surface area contributed by atoms with Crippen LogP contribution in [0.4, 0.5) is 0 Å². The smallest absolute Gasteiger partial charge is 0.0471 e. The maximum atomic E-state index is 6.02. The van der Waals surface area contributed by atoms with Crippen LogP contribution >= 0.6 is 15.9 Å². The fourth-order valence-electron chi connectivity index (χ4n) is 2.25. The highest BCUT2D eigenvalue weighted by atomic mass is 79.9. The van der Waals surface area contributed by atoms with Crippen LogP contribution in [0.3, 0.4) is 0 Å². The highest BCUT2D eigenvalue weighted by Crippen LogP contribution is 2.23. The van der Waals surface area contributed by atoms with E-state index < -0.39 is 0 Å². The van der Waals surface area contributed by atoms with E-state index in [1.165, 1.54) is 5.56 Å². The van der Waals surface area contributed by atoms with Gasteiger partial charge in [0.15, 0.2) is 0 Å². The Morgan fingerprint density at radius 2 is 1.95 bits per heavy atom. The predicted octanol–water partition coefficient (Wildman–Crippen LogP) is 2.72. The lowest BCUT2D eigenvalue weighted by atomic mass is 10.1. The molecule has 0 spiro atoms. The molecule has 1 atom stereocenters. The molecule has 4 heteroatoms. The lowest BCUT2D eigenvalue weighted by Gasteiger charge is -2.32. The fourth-order valence-corrected chi connectivity index (χ4v) is 2.67. The molecule has 1 rings (SSSR count). The number of rotatable bonds is 8. The lowest BCUT2D eigenvalue weighted by molar-refractivity contribution is 0.182. The normalized spacial score (nSPS) is 13.2. The van der Waals surface area contributed by atoms with Crippen LogP contribution in [0.5, 0.6) is 0 Å². The van der Waals surface area contributed by atoms with E-state index in [-0.39, 0.29) is 0 Å². The minimum atomic E-state index is 0.303. The number of hydrogen-bond acceptors (Lipinski definition) is 3. The molecule has 0 amide bonds. The van der Waals surface area contributed by atoms with Gasteiger partial charge >= 0.3 is 0 Å². The van der Waals surface area contributed by atoms with Crippen molar-refractivity contribution in [3.05, 3.63) is 34.3 Å². The maximum absolute atomic E-state index is 6.02. The van der Waals surface area contributed by atoms with Gasteiger partial charge in [0.2, 0.25) is 0 Å². The Morgan fingerprint density at radius 1 is 1.21 bits per heavy atom. The first kappa shape index (κ1) is 16.6. The SMILES string of the molecule is CCCN(CCN(C)C)C(CN)c1cccc(Br)c1. The molecule has 0 heterocycles. The van der Waals surface area contributed by atoms with E-state index in [1.807, 2.05) is 0 Å². The van der Waals surface area contributed by atoms with Gasteiger partial charge in [-0.25, -0.2) is 0 Å². The number of halogens is 1. The molecule has 0 aliphatic heterocycles. The zero-order valence-electron chi connectivity index (χ0n) is 12.3. The molecule has 0 radical (unpaired) electrons. The molecule has 0 saturated carbocycles. The molecule has 0 aliphatic carbocycles. The van der Waals surface area contributed by atoms with Gasteiger partial charge in [-0.2, -0.15) is 0 Å². The van der Waals surface area contributed by atoms with Crippen LogP contribution in [0.2, 0.25) is 0 Å². The third-order valence-corrected chi connectivity index (χ3v) is 3.74. The van der Waals surface area contributed by atoms with Gasteiger partial charge < -0.3 is 10.6 Å². The topological polar surface area (TPSA) is 32.5 Å². The number of nitrogens with zero attached hydrogens (tertiary/aromatic N) is 2. The van der Waals surface area contributed by atoms with Crippen LogP contribution in [0, 0.1) is 0 Å². The molecule has 0 saturated heterocycles. The summed E-state index contributed by atoms with van der Waals surface area (Å²) in [5, 5.41) is 0. The van der Waals surface area contributed by atoms with Crippen LogP contribution in [-0.4, -0.2) is 50.1 Å². The van der Waals surface area contributed by atoms with Crippen LogP contribution in [0.15, 0.2) is 28.7 Å². The Labute approximate surface area is 125 Å². The van der Waals surface area contributed by atoms with Crippen molar-refractivity contribution in [3.8, 4) is 0 Å². The molecule has 108 valence electrons. The summed E-state index contributed by atoms with van der Waals surface area (Å²) < 4.78 is 1.12. The molecule has 0 bridgehead atoms. The van der Waals surface area contributed by atoms with Gasteiger partial charge in [0, 0.05) is 30.1 Å². The second kappa shape index (κ2) is 8.69. The molecule has 0 fully saturated rings. The minimum absolute atomic E-state index is 0.303. The monoisotopic (exact) mass is 327 g/mol. The number of likely N-dealkylation sites (N-methyl/N-ethyl adjacent to an activating group) is 1. The first-order valence-electron chi connectivity index (χ1n) is 6.92. The summed E-state index contributed by atoms with van der Waals surface area (Å²) in [5.41, 5.74) is 7.32. The highest BCUT2D eigenvalue weighted by Gasteiger charge is 2.18. The number of nitrogens with two attached hydrogens (primary N) is 1. The summed E-state index contributed by atoms with van der Waals surface area (Å²) >= 11 is 3.54. The van der Waals surface area contributed by atoms with Crippen LogP contribution < -0.4 is 5.73 Å². The van der Waals surface area contributed by atoms with Crippen LogP contribution in [0.25, 0.3) is 0 Å². The second-order valence-corrected chi connectivity index (χ2v) is 6.06. The quantitative estimate of drug-likeness (QED) is 0.796. The predicted molar refractivity (Wildman–Crippen MR) is 86.4 cm³/mol. The third-order valence-electron chi connectivity index (χ3n) is 3.24. The van der Waals surface area contributed by atoms with Gasteiger partial charge in [-0.15, -0.1) is 0 Å². The third kappa shape index (κ3) is 5.61. The van der Waals surface area contributed by atoms with Crippen molar-refractivity contribution in [2.24, 2.45) is 5.73 Å². The van der Waals surface area contributed by atoms with Crippen molar-refractivity contribution in [1.29, 1.82) is 0 Å². The Balaban J connectivity index is 2.83. The molecule has 1 aromatic rings. The van der Waals surface area contributed by atoms with Crippen molar-refractivity contribution < 1.29 is 0 Å². The first-order valence-corrected chi connectivity index (χ1v) is 7.72. The molecule has 3 nitrogen and oxygen atoms in total. The van der Waals surface area contributed by atoms with Gasteiger partial charge in [-0.1, -0.05) is 35.0 Å². The van der Waals surface area contributed by atoms with Crippen LogP contribution in [0.1, 0.15) is 24.9 Å². The standard InChI is InChI=1S/C15H26BrN3/c1-4-8-19(10-9-18(2)3)15(12-17)13-6-5-7-14(16)11-13/h5-7,11,15H,4,8-10,12,17H2,1-3H3. The van der Waals surface area contributed by atoms with Crippen molar-refractivity contribution in [1.82, 2.24) is 9.80 Å². The Morgan fingerprint density at radius 3 is 2.47 bits per heavy atom. The zero-order valence-corrected chi connectivity index (χ0v) is 13.9. The van der Waals surface area contributed by atoms with E-state index in [2.05, 4.69) is 71.0 Å². The first-order chi connectivity index (χ1) is 9.08. The average molecular weight is 328 g/mol. The maximum Gasteiger partial charge on any atom is 0.0471 e. The van der Waals surface area contributed by atoms with E-state index in [9.17, 15) is 0 Å². The second-order valence-electron chi connectivity index (χ2n) is 5.15. The molecule has 0 aliphatic rings. The zero-order chi connectivity index (χ0) is 14.3. The van der Waals surface area contributed by atoms with Gasteiger partial charge in [0.05, 0.1) is 0 Å². The Bertz CT molecular complexity index is 368. The van der Waals surface area contributed by atoms with Gasteiger partial charge in [-0.05, 0) is 44.8 Å². The van der Waals surface area contributed by atoms with Gasteiger partial charge in [0.25, 0.3) is 0 Å². The average Bonchev–Trinajstić information content (AvgIpc) is 2.37. The summed E-state index contributed by atoms with van der Waals surface area (Å²) in [4.78, 5) is 4.71. The largest absolute Gasteiger partial charge is 0.329 e. The molecule has 1 unspecified atom stereocenters. The molecule has 1 aromatic carbocycles. The molecular weight excluding hydrogens is 302 g/mol. The molecule has 19 heavy (non-hydrogen) atoms. The van der Waals surface area contributed by atoms with Crippen molar-refractivity contribution >= 4 is 15.9 Å². The van der Waals surface area contributed by atoms with Gasteiger partial charge in [-0.3, -0.25) is 4.90 Å². The summed E-state index contributed by atoms with van der Waals surface area (Å²) in [7, 11) is 4.22. The van der Waals surface area contributed by atoms with Crippen LogP contribution in [-0.2, 0) is 0 Å².